The first-order valence-corrected chi connectivity index (χ1v) is 7.48. The number of benzene rings is 1. The third-order valence-corrected chi connectivity index (χ3v) is 4.54. The summed E-state index contributed by atoms with van der Waals surface area (Å²) < 4.78 is 14.0. The van der Waals surface area contributed by atoms with Gasteiger partial charge in [0.25, 0.3) is 0 Å². The summed E-state index contributed by atoms with van der Waals surface area (Å²) in [6, 6.07) is 5.54. The summed E-state index contributed by atoms with van der Waals surface area (Å²) in [6.45, 7) is 2.27. The molecule has 0 bridgehead atoms. The van der Waals surface area contributed by atoms with Crippen molar-refractivity contribution >= 4 is 28.3 Å². The second kappa shape index (κ2) is 6.03. The molecule has 0 saturated heterocycles. The molecule has 1 aromatic carbocycles. The summed E-state index contributed by atoms with van der Waals surface area (Å²) in [5, 5.41) is 3.57. The van der Waals surface area contributed by atoms with Crippen LogP contribution in [-0.4, -0.2) is 6.04 Å². The van der Waals surface area contributed by atoms with Crippen LogP contribution in [0.3, 0.4) is 0 Å². The van der Waals surface area contributed by atoms with Gasteiger partial charge in [0.1, 0.15) is 5.82 Å². The van der Waals surface area contributed by atoms with Gasteiger partial charge in [-0.15, -0.1) is 0 Å². The van der Waals surface area contributed by atoms with Crippen molar-refractivity contribution in [2.75, 3.05) is 5.32 Å². The van der Waals surface area contributed by atoms with Crippen LogP contribution >= 0.6 is 22.6 Å². The largest absolute Gasteiger partial charge is 0.381 e. The zero-order chi connectivity index (χ0) is 12.3. The number of hydrogen-bond acceptors (Lipinski definition) is 1. The SMILES string of the molecule is CCC1CCCC(Nc2ccc(F)cc2I)C1. The van der Waals surface area contributed by atoms with Gasteiger partial charge in [0.15, 0.2) is 0 Å². The van der Waals surface area contributed by atoms with Gasteiger partial charge in [-0.1, -0.05) is 26.2 Å². The molecule has 17 heavy (non-hydrogen) atoms. The summed E-state index contributed by atoms with van der Waals surface area (Å²) in [5.41, 5.74) is 1.08. The molecule has 2 rings (SSSR count). The Morgan fingerprint density at radius 3 is 2.94 bits per heavy atom. The van der Waals surface area contributed by atoms with Crippen LogP contribution in [0.5, 0.6) is 0 Å². The van der Waals surface area contributed by atoms with E-state index in [1.807, 2.05) is 6.07 Å². The topological polar surface area (TPSA) is 12.0 Å². The van der Waals surface area contributed by atoms with Gasteiger partial charge < -0.3 is 5.32 Å². The van der Waals surface area contributed by atoms with Gasteiger partial charge in [0.05, 0.1) is 0 Å². The zero-order valence-electron chi connectivity index (χ0n) is 10.2. The molecule has 1 saturated carbocycles. The van der Waals surface area contributed by atoms with Crippen molar-refractivity contribution in [1.82, 2.24) is 0 Å². The van der Waals surface area contributed by atoms with Crippen molar-refractivity contribution in [3.63, 3.8) is 0 Å². The van der Waals surface area contributed by atoms with E-state index in [1.165, 1.54) is 38.2 Å². The molecular formula is C14H19FIN. The fourth-order valence-electron chi connectivity index (χ4n) is 2.62. The number of halogens is 2. The lowest BCUT2D eigenvalue weighted by atomic mass is 9.84. The fraction of sp³-hybridized carbons (Fsp3) is 0.571. The minimum atomic E-state index is -0.157. The van der Waals surface area contributed by atoms with Crippen molar-refractivity contribution in [2.24, 2.45) is 5.92 Å². The molecule has 0 radical (unpaired) electrons. The molecule has 2 unspecified atom stereocenters. The Bertz CT molecular complexity index is 380. The van der Waals surface area contributed by atoms with Crippen LogP contribution in [0.25, 0.3) is 0 Å². The second-order valence-electron chi connectivity index (χ2n) is 4.91. The van der Waals surface area contributed by atoms with E-state index in [4.69, 9.17) is 0 Å². The molecule has 0 heterocycles. The van der Waals surface area contributed by atoms with Crippen LogP contribution in [0.4, 0.5) is 10.1 Å². The van der Waals surface area contributed by atoms with E-state index >= 15 is 0 Å². The van der Waals surface area contributed by atoms with Crippen LogP contribution in [0.15, 0.2) is 18.2 Å². The highest BCUT2D eigenvalue weighted by Gasteiger charge is 2.20. The number of nitrogens with one attached hydrogen (secondary N) is 1. The lowest BCUT2D eigenvalue weighted by molar-refractivity contribution is 0.327. The Hall–Kier alpha value is -0.320. The van der Waals surface area contributed by atoms with Gasteiger partial charge in [-0.2, -0.15) is 0 Å². The molecule has 1 aliphatic carbocycles. The molecule has 3 heteroatoms. The molecule has 1 aromatic rings. The van der Waals surface area contributed by atoms with Crippen LogP contribution in [0.1, 0.15) is 39.0 Å². The van der Waals surface area contributed by atoms with E-state index in [-0.39, 0.29) is 5.82 Å². The van der Waals surface area contributed by atoms with Crippen molar-refractivity contribution in [3.8, 4) is 0 Å². The average molecular weight is 347 g/mol. The Morgan fingerprint density at radius 2 is 2.24 bits per heavy atom. The molecule has 2 atom stereocenters. The van der Waals surface area contributed by atoms with Gasteiger partial charge in [0.2, 0.25) is 0 Å². The van der Waals surface area contributed by atoms with Crippen LogP contribution in [0, 0.1) is 15.3 Å². The maximum Gasteiger partial charge on any atom is 0.124 e. The quantitative estimate of drug-likeness (QED) is 0.774. The first-order chi connectivity index (χ1) is 8.19. The highest BCUT2D eigenvalue weighted by molar-refractivity contribution is 14.1. The van der Waals surface area contributed by atoms with Crippen LogP contribution < -0.4 is 5.32 Å². The monoisotopic (exact) mass is 347 g/mol. The first-order valence-electron chi connectivity index (χ1n) is 6.40. The first kappa shape index (κ1) is 13.1. The van der Waals surface area contributed by atoms with Crippen molar-refractivity contribution in [1.29, 1.82) is 0 Å². The van der Waals surface area contributed by atoms with E-state index in [1.54, 1.807) is 6.07 Å². The predicted molar refractivity (Wildman–Crippen MR) is 78.8 cm³/mol. The fourth-order valence-corrected chi connectivity index (χ4v) is 3.25. The number of anilines is 1. The summed E-state index contributed by atoms with van der Waals surface area (Å²) >= 11 is 2.19. The maximum absolute atomic E-state index is 13.0. The minimum Gasteiger partial charge on any atom is -0.381 e. The minimum absolute atomic E-state index is 0.157. The van der Waals surface area contributed by atoms with E-state index < -0.39 is 0 Å². The van der Waals surface area contributed by atoms with Crippen LogP contribution in [0.2, 0.25) is 0 Å². The highest BCUT2D eigenvalue weighted by Crippen LogP contribution is 2.30. The van der Waals surface area contributed by atoms with E-state index in [0.29, 0.717) is 6.04 Å². The summed E-state index contributed by atoms with van der Waals surface area (Å²) in [4.78, 5) is 0. The lowest BCUT2D eigenvalue weighted by Crippen LogP contribution is -2.27. The van der Waals surface area contributed by atoms with Crippen molar-refractivity contribution < 1.29 is 4.39 Å². The zero-order valence-corrected chi connectivity index (χ0v) is 12.3. The number of rotatable bonds is 3. The Labute approximate surface area is 116 Å². The molecule has 1 fully saturated rings. The predicted octanol–water partition coefficient (Wildman–Crippen LogP) is 4.81. The number of hydrogen-bond donors (Lipinski definition) is 1. The molecule has 94 valence electrons. The molecule has 0 amide bonds. The van der Waals surface area contributed by atoms with E-state index in [2.05, 4.69) is 34.8 Å². The molecule has 0 spiro atoms. The normalized spacial score (nSPS) is 24.6. The molecule has 1 aliphatic rings. The third kappa shape index (κ3) is 3.57. The van der Waals surface area contributed by atoms with Gasteiger partial charge in [0, 0.05) is 15.3 Å². The Morgan fingerprint density at radius 1 is 1.41 bits per heavy atom. The lowest BCUT2D eigenvalue weighted by Gasteiger charge is -2.30. The molecular weight excluding hydrogens is 328 g/mol. The molecule has 1 nitrogen and oxygen atoms in total. The van der Waals surface area contributed by atoms with Gasteiger partial charge in [-0.3, -0.25) is 0 Å². The van der Waals surface area contributed by atoms with Crippen molar-refractivity contribution in [3.05, 3.63) is 27.6 Å². The molecule has 1 N–H and O–H groups in total. The smallest absolute Gasteiger partial charge is 0.124 e. The van der Waals surface area contributed by atoms with Crippen molar-refractivity contribution in [2.45, 2.75) is 45.1 Å². The highest BCUT2D eigenvalue weighted by atomic mass is 127. The Kier molecular flexibility index (Phi) is 4.65. The molecule has 0 aliphatic heterocycles. The molecule has 0 aromatic heterocycles. The average Bonchev–Trinajstić information content (AvgIpc) is 2.33. The maximum atomic E-state index is 13.0. The standard InChI is InChI=1S/C14H19FIN/c1-2-10-4-3-5-12(8-10)17-14-7-6-11(15)9-13(14)16/h6-7,9-10,12,17H,2-5,8H2,1H3. The summed E-state index contributed by atoms with van der Waals surface area (Å²) in [5.74, 6) is 0.703. The van der Waals surface area contributed by atoms with Gasteiger partial charge >= 0.3 is 0 Å². The van der Waals surface area contributed by atoms with E-state index in [0.717, 1.165) is 15.2 Å². The summed E-state index contributed by atoms with van der Waals surface area (Å²) in [7, 11) is 0. The second-order valence-corrected chi connectivity index (χ2v) is 6.07. The third-order valence-electron chi connectivity index (χ3n) is 3.65. The van der Waals surface area contributed by atoms with E-state index in [9.17, 15) is 4.39 Å². The van der Waals surface area contributed by atoms with Crippen LogP contribution in [-0.2, 0) is 0 Å². The van der Waals surface area contributed by atoms with Gasteiger partial charge in [-0.25, -0.2) is 4.39 Å². The Balaban J connectivity index is 2.00. The summed E-state index contributed by atoms with van der Waals surface area (Å²) in [6.07, 6.45) is 6.45. The van der Waals surface area contributed by atoms with Gasteiger partial charge in [-0.05, 0) is 59.5 Å².